The monoisotopic (exact) mass is 465 g/mol. The summed E-state index contributed by atoms with van der Waals surface area (Å²) in [6.07, 6.45) is 3.86. The molecule has 1 heterocycles. The number of rotatable bonds is 7. The number of halogens is 1. The lowest BCUT2D eigenvalue weighted by Crippen LogP contribution is -2.54. The van der Waals surface area contributed by atoms with E-state index in [2.05, 4.69) is 39.3 Å². The van der Waals surface area contributed by atoms with Crippen molar-refractivity contribution < 1.29 is 4.79 Å². The first-order valence-corrected chi connectivity index (χ1v) is 9.61. The standard InChI is InChI=1S/C18H35N5O.HI/c1-5-7-15-12-16(15)21-18(19-6-2)23-10-8-22(9-11-23)13-17(24)20-14(3)4;/h14-16H,5-13H2,1-4H3,(H,19,21)(H,20,24);1H. The Morgan fingerprint density at radius 2 is 1.88 bits per heavy atom. The third kappa shape index (κ3) is 7.68. The number of aliphatic imine (C=N–C) groups is 1. The molecule has 6 nitrogen and oxygen atoms in total. The SMILES string of the molecule is CCCC1CC1NC(=NCC)N1CCN(CC(=O)NC(C)C)CC1.I. The van der Waals surface area contributed by atoms with Gasteiger partial charge < -0.3 is 15.5 Å². The van der Waals surface area contributed by atoms with E-state index >= 15 is 0 Å². The van der Waals surface area contributed by atoms with Crippen molar-refractivity contribution >= 4 is 35.8 Å². The van der Waals surface area contributed by atoms with Crippen LogP contribution in [0.15, 0.2) is 4.99 Å². The molecule has 2 aliphatic rings. The van der Waals surface area contributed by atoms with Crippen molar-refractivity contribution in [2.45, 2.75) is 59.0 Å². The Balaban J connectivity index is 0.00000312. The molecule has 0 bridgehead atoms. The molecule has 2 N–H and O–H groups in total. The molecule has 1 amide bonds. The maximum absolute atomic E-state index is 11.9. The maximum atomic E-state index is 11.9. The highest BCUT2D eigenvalue weighted by Gasteiger charge is 2.37. The topological polar surface area (TPSA) is 60.0 Å². The van der Waals surface area contributed by atoms with Gasteiger partial charge >= 0.3 is 0 Å². The smallest absolute Gasteiger partial charge is 0.234 e. The number of nitrogens with one attached hydrogen (secondary N) is 2. The van der Waals surface area contributed by atoms with Crippen molar-refractivity contribution in [1.82, 2.24) is 20.4 Å². The second-order valence-electron chi connectivity index (χ2n) is 7.32. The fourth-order valence-corrected chi connectivity index (χ4v) is 3.36. The zero-order valence-electron chi connectivity index (χ0n) is 16.3. The van der Waals surface area contributed by atoms with E-state index in [-0.39, 0.29) is 35.9 Å². The zero-order chi connectivity index (χ0) is 17.5. The lowest BCUT2D eigenvalue weighted by Gasteiger charge is -2.36. The van der Waals surface area contributed by atoms with E-state index in [1.165, 1.54) is 19.3 Å². The van der Waals surface area contributed by atoms with Gasteiger partial charge in [-0.15, -0.1) is 24.0 Å². The minimum absolute atomic E-state index is 0. The number of amides is 1. The lowest BCUT2D eigenvalue weighted by atomic mass is 10.2. The van der Waals surface area contributed by atoms with Gasteiger partial charge in [0.2, 0.25) is 5.91 Å². The fourth-order valence-electron chi connectivity index (χ4n) is 3.36. The van der Waals surface area contributed by atoms with E-state index in [4.69, 9.17) is 0 Å². The molecule has 1 saturated carbocycles. The van der Waals surface area contributed by atoms with Crippen LogP contribution in [0.3, 0.4) is 0 Å². The van der Waals surface area contributed by atoms with Gasteiger partial charge in [-0.1, -0.05) is 13.3 Å². The molecule has 2 atom stereocenters. The summed E-state index contributed by atoms with van der Waals surface area (Å²) in [7, 11) is 0. The van der Waals surface area contributed by atoms with Gasteiger partial charge in [0.25, 0.3) is 0 Å². The molecule has 7 heteroatoms. The van der Waals surface area contributed by atoms with Gasteiger partial charge in [-0.05, 0) is 39.5 Å². The zero-order valence-corrected chi connectivity index (χ0v) is 18.6. The van der Waals surface area contributed by atoms with Crippen LogP contribution in [-0.4, -0.2) is 73.0 Å². The van der Waals surface area contributed by atoms with Crippen LogP contribution in [0.1, 0.15) is 47.0 Å². The lowest BCUT2D eigenvalue weighted by molar-refractivity contribution is -0.123. The average Bonchev–Trinajstić information content (AvgIpc) is 3.25. The predicted octanol–water partition coefficient (Wildman–Crippen LogP) is 1.90. The van der Waals surface area contributed by atoms with Crippen LogP contribution in [-0.2, 0) is 4.79 Å². The Morgan fingerprint density at radius 1 is 1.20 bits per heavy atom. The second-order valence-corrected chi connectivity index (χ2v) is 7.32. The van der Waals surface area contributed by atoms with E-state index < -0.39 is 0 Å². The van der Waals surface area contributed by atoms with Crippen LogP contribution in [0.4, 0.5) is 0 Å². The van der Waals surface area contributed by atoms with Gasteiger partial charge in [-0.3, -0.25) is 14.7 Å². The van der Waals surface area contributed by atoms with E-state index in [0.717, 1.165) is 44.6 Å². The van der Waals surface area contributed by atoms with Gasteiger partial charge in [0.1, 0.15) is 0 Å². The highest BCUT2D eigenvalue weighted by molar-refractivity contribution is 14.0. The number of hydrogen-bond acceptors (Lipinski definition) is 3. The fraction of sp³-hybridized carbons (Fsp3) is 0.889. The van der Waals surface area contributed by atoms with E-state index in [1.807, 2.05) is 13.8 Å². The summed E-state index contributed by atoms with van der Waals surface area (Å²) in [4.78, 5) is 21.1. The van der Waals surface area contributed by atoms with Gasteiger partial charge in [0.05, 0.1) is 6.54 Å². The normalized spacial score (nSPS) is 24.0. The molecule has 146 valence electrons. The van der Waals surface area contributed by atoms with Crippen LogP contribution in [0, 0.1) is 5.92 Å². The largest absolute Gasteiger partial charge is 0.353 e. The summed E-state index contributed by atoms with van der Waals surface area (Å²) in [6.45, 7) is 13.4. The molecule has 0 spiro atoms. The summed E-state index contributed by atoms with van der Waals surface area (Å²) < 4.78 is 0. The van der Waals surface area contributed by atoms with Crippen molar-refractivity contribution in [2.24, 2.45) is 10.9 Å². The molecule has 0 aromatic rings. The van der Waals surface area contributed by atoms with Crippen molar-refractivity contribution in [1.29, 1.82) is 0 Å². The number of guanidine groups is 1. The molecule has 0 aromatic carbocycles. The number of carbonyl (C=O) groups excluding carboxylic acids is 1. The summed E-state index contributed by atoms with van der Waals surface area (Å²) in [6, 6.07) is 0.825. The molecule has 1 aliphatic heterocycles. The highest BCUT2D eigenvalue weighted by Crippen LogP contribution is 2.34. The Bertz CT molecular complexity index is 435. The number of piperazine rings is 1. The van der Waals surface area contributed by atoms with Crippen molar-refractivity contribution in [3.8, 4) is 0 Å². The average molecular weight is 465 g/mol. The maximum Gasteiger partial charge on any atom is 0.234 e. The van der Waals surface area contributed by atoms with Gasteiger partial charge in [-0.2, -0.15) is 0 Å². The van der Waals surface area contributed by atoms with Crippen LogP contribution in [0.5, 0.6) is 0 Å². The highest BCUT2D eigenvalue weighted by atomic mass is 127. The molecule has 1 saturated heterocycles. The molecule has 0 radical (unpaired) electrons. The summed E-state index contributed by atoms with van der Waals surface area (Å²) in [5.74, 6) is 2.02. The second kappa shape index (κ2) is 11.2. The summed E-state index contributed by atoms with van der Waals surface area (Å²) in [5.41, 5.74) is 0. The number of hydrogen-bond donors (Lipinski definition) is 2. The summed E-state index contributed by atoms with van der Waals surface area (Å²) in [5, 5.41) is 6.62. The molecule has 2 unspecified atom stereocenters. The number of nitrogens with zero attached hydrogens (tertiary/aromatic N) is 3. The van der Waals surface area contributed by atoms with Crippen LogP contribution in [0.25, 0.3) is 0 Å². The number of carbonyl (C=O) groups is 1. The van der Waals surface area contributed by atoms with Crippen LogP contribution >= 0.6 is 24.0 Å². The van der Waals surface area contributed by atoms with Crippen LogP contribution in [0.2, 0.25) is 0 Å². The van der Waals surface area contributed by atoms with Gasteiger partial charge in [-0.25, -0.2) is 0 Å². The van der Waals surface area contributed by atoms with Crippen molar-refractivity contribution in [3.05, 3.63) is 0 Å². The molecule has 1 aliphatic carbocycles. The first-order valence-electron chi connectivity index (χ1n) is 9.61. The minimum atomic E-state index is 0. The Kier molecular flexibility index (Phi) is 10.1. The molecular formula is C18H36IN5O. The Labute approximate surface area is 170 Å². The van der Waals surface area contributed by atoms with E-state index in [9.17, 15) is 4.79 Å². The first kappa shape index (κ1) is 22.5. The molecule has 2 fully saturated rings. The van der Waals surface area contributed by atoms with Crippen molar-refractivity contribution in [3.63, 3.8) is 0 Å². The van der Waals surface area contributed by atoms with Gasteiger partial charge in [0.15, 0.2) is 5.96 Å². The third-order valence-electron chi connectivity index (χ3n) is 4.69. The molecular weight excluding hydrogens is 429 g/mol. The predicted molar refractivity (Wildman–Crippen MR) is 115 cm³/mol. The van der Waals surface area contributed by atoms with Crippen molar-refractivity contribution in [2.75, 3.05) is 39.3 Å². The van der Waals surface area contributed by atoms with Gasteiger partial charge in [0, 0.05) is 44.8 Å². The van der Waals surface area contributed by atoms with E-state index in [1.54, 1.807) is 0 Å². The minimum Gasteiger partial charge on any atom is -0.353 e. The van der Waals surface area contributed by atoms with E-state index in [0.29, 0.717) is 12.6 Å². The quantitative estimate of drug-likeness (QED) is 0.343. The molecule has 0 aromatic heterocycles. The molecule has 25 heavy (non-hydrogen) atoms. The Morgan fingerprint density at radius 3 is 2.44 bits per heavy atom. The first-order chi connectivity index (χ1) is 11.5. The molecule has 2 rings (SSSR count). The Hall–Kier alpha value is -0.570. The third-order valence-corrected chi connectivity index (χ3v) is 4.69. The van der Waals surface area contributed by atoms with Crippen LogP contribution < -0.4 is 10.6 Å². The summed E-state index contributed by atoms with van der Waals surface area (Å²) >= 11 is 0.